The summed E-state index contributed by atoms with van der Waals surface area (Å²) in [5.74, 6) is 5.89. The molecular formula is C87H106N4O4. The van der Waals surface area contributed by atoms with Crippen LogP contribution in [0.1, 0.15) is 108 Å². The maximum atomic E-state index is 9.68. The van der Waals surface area contributed by atoms with Gasteiger partial charge < -0.3 is 30.2 Å². The van der Waals surface area contributed by atoms with Crippen molar-refractivity contribution in [2.45, 2.75) is 116 Å². The molecule has 0 aliphatic heterocycles. The van der Waals surface area contributed by atoms with Gasteiger partial charge in [0, 0.05) is 72.0 Å². The Bertz CT molecular complexity index is 3500. The molecule has 2 aliphatic rings. The molecule has 0 heterocycles. The number of nitrogens with zero attached hydrogens (tertiary/aromatic N) is 4. The van der Waals surface area contributed by atoms with Gasteiger partial charge in [-0.15, -0.1) is 6.42 Å². The van der Waals surface area contributed by atoms with Crippen LogP contribution in [0.4, 0.5) is 0 Å². The van der Waals surface area contributed by atoms with Gasteiger partial charge in [0.1, 0.15) is 23.0 Å². The number of benzene rings is 9. The monoisotopic (exact) mass is 1270 g/mol. The normalized spacial score (nSPS) is 13.1. The van der Waals surface area contributed by atoms with E-state index >= 15 is 0 Å². The highest BCUT2D eigenvalue weighted by Crippen LogP contribution is 2.27. The minimum atomic E-state index is 0.320. The number of hydrogen-bond donors (Lipinski definition) is 4. The average Bonchev–Trinajstić information content (AvgIpc) is 3.72. The van der Waals surface area contributed by atoms with E-state index in [0.717, 1.165) is 128 Å². The zero-order valence-corrected chi connectivity index (χ0v) is 56.5. The number of hydrogen-bond acceptors (Lipinski definition) is 8. The Kier molecular flexibility index (Phi) is 32.6. The predicted octanol–water partition coefficient (Wildman–Crippen LogP) is 17.5. The molecule has 0 saturated heterocycles. The van der Waals surface area contributed by atoms with E-state index in [9.17, 15) is 20.4 Å². The molecule has 2 saturated carbocycles. The van der Waals surface area contributed by atoms with Gasteiger partial charge in [0.25, 0.3) is 0 Å². The van der Waals surface area contributed by atoms with Crippen LogP contribution < -0.4 is 0 Å². The fourth-order valence-electron chi connectivity index (χ4n) is 13.1. The van der Waals surface area contributed by atoms with Crippen LogP contribution in [-0.2, 0) is 57.9 Å². The highest BCUT2D eigenvalue weighted by Gasteiger charge is 2.20. The summed E-state index contributed by atoms with van der Waals surface area (Å²) in [6.45, 7) is 12.3. The molecule has 9 aromatic rings. The maximum Gasteiger partial charge on any atom is 0.115 e. The third-order valence-corrected chi connectivity index (χ3v) is 18.5. The molecule has 0 spiro atoms. The van der Waals surface area contributed by atoms with Crippen molar-refractivity contribution in [1.82, 2.24) is 19.6 Å². The zero-order valence-electron chi connectivity index (χ0n) is 56.5. The number of terminal acetylenes is 1. The molecule has 0 unspecified atom stereocenters. The standard InChI is InChI=1S/C23H31NO.C23H25NO.C22H29NO.C19H21NO/c2*25-23-13-7-12-21(18-23)15-17-24(19-22-10-5-2-6-11-22)16-14-20-8-3-1-4-9-20;24-22-12-6-11-20(17-22)14-16-23(18-21-9-4-5-10-21)15-13-19-7-2-1-3-8-19;1-2-13-20(14-11-17-7-4-3-5-8-17)15-12-18-9-6-10-19(21)16-18/h1,3-4,7-9,12-13,18,22,25H,2,5-6,10-11,14-17,19H2;1-13,18,25H,14-17,19H2;1-3,6-8,11-12,17,21,24H,4-5,9-10,13-16,18H2;1,3-10,16,21H,11-15H2. The topological polar surface area (TPSA) is 93.9 Å². The van der Waals surface area contributed by atoms with Crippen molar-refractivity contribution >= 4 is 0 Å². The molecule has 0 aromatic heterocycles. The van der Waals surface area contributed by atoms with E-state index < -0.39 is 0 Å². The number of aromatic hydroxyl groups is 4. The second kappa shape index (κ2) is 42.8. The van der Waals surface area contributed by atoms with Gasteiger partial charge in [0.15, 0.2) is 0 Å². The Labute approximate surface area is 570 Å². The lowest BCUT2D eigenvalue weighted by molar-refractivity contribution is 0.204. The van der Waals surface area contributed by atoms with Gasteiger partial charge in [-0.25, -0.2) is 0 Å². The molecule has 95 heavy (non-hydrogen) atoms. The Morgan fingerprint density at radius 1 is 0.274 bits per heavy atom. The van der Waals surface area contributed by atoms with Crippen molar-refractivity contribution in [3.63, 3.8) is 0 Å². The summed E-state index contributed by atoms with van der Waals surface area (Å²) in [7, 11) is 0. The van der Waals surface area contributed by atoms with Gasteiger partial charge >= 0.3 is 0 Å². The fourth-order valence-corrected chi connectivity index (χ4v) is 13.1. The quantitative estimate of drug-likeness (QED) is 0.0319. The summed E-state index contributed by atoms with van der Waals surface area (Å²) in [6, 6.07) is 83.7. The molecule has 0 amide bonds. The largest absolute Gasteiger partial charge is 0.508 e. The van der Waals surface area contributed by atoms with E-state index in [2.05, 4.69) is 189 Å². The van der Waals surface area contributed by atoms with Crippen LogP contribution in [0.2, 0.25) is 0 Å². The molecular weight excluding hydrogens is 1160 g/mol. The van der Waals surface area contributed by atoms with Gasteiger partial charge in [-0.05, 0) is 187 Å². The van der Waals surface area contributed by atoms with Gasteiger partial charge in [0.05, 0.1) is 6.54 Å². The van der Waals surface area contributed by atoms with E-state index in [0.29, 0.717) is 29.5 Å². The highest BCUT2D eigenvalue weighted by molar-refractivity contribution is 5.31. The van der Waals surface area contributed by atoms with Crippen molar-refractivity contribution in [3.05, 3.63) is 299 Å². The highest BCUT2D eigenvalue weighted by atomic mass is 16.3. The molecule has 2 fully saturated rings. The Hall–Kier alpha value is -8.42. The van der Waals surface area contributed by atoms with E-state index in [-0.39, 0.29) is 0 Å². The second-order valence-electron chi connectivity index (χ2n) is 26.1. The Balaban J connectivity index is 0.000000163. The molecule has 0 atom stereocenters. The van der Waals surface area contributed by atoms with Gasteiger partial charge in [0.2, 0.25) is 0 Å². The molecule has 498 valence electrons. The van der Waals surface area contributed by atoms with Crippen molar-refractivity contribution in [2.75, 3.05) is 72.0 Å². The minimum absolute atomic E-state index is 0.320. The fraction of sp³-hybridized carbons (Fsp3) is 0.356. The molecule has 0 radical (unpaired) electrons. The first-order chi connectivity index (χ1) is 46.7. The van der Waals surface area contributed by atoms with Gasteiger partial charge in [-0.1, -0.05) is 238 Å². The van der Waals surface area contributed by atoms with Crippen LogP contribution in [0, 0.1) is 24.2 Å². The smallest absolute Gasteiger partial charge is 0.115 e. The lowest BCUT2D eigenvalue weighted by Crippen LogP contribution is -2.34. The van der Waals surface area contributed by atoms with Crippen molar-refractivity contribution in [2.24, 2.45) is 11.8 Å². The minimum Gasteiger partial charge on any atom is -0.508 e. The van der Waals surface area contributed by atoms with E-state index in [1.54, 1.807) is 24.3 Å². The average molecular weight is 1270 g/mol. The van der Waals surface area contributed by atoms with Crippen LogP contribution in [0.25, 0.3) is 0 Å². The van der Waals surface area contributed by atoms with Crippen LogP contribution in [0.5, 0.6) is 23.0 Å². The van der Waals surface area contributed by atoms with E-state index in [1.165, 1.54) is 115 Å². The molecule has 4 N–H and O–H groups in total. The lowest BCUT2D eigenvalue weighted by Gasteiger charge is -2.30. The Morgan fingerprint density at radius 2 is 0.516 bits per heavy atom. The molecule has 2 aliphatic carbocycles. The van der Waals surface area contributed by atoms with Gasteiger partial charge in [-0.2, -0.15) is 0 Å². The first-order valence-corrected chi connectivity index (χ1v) is 35.3. The van der Waals surface area contributed by atoms with Crippen molar-refractivity contribution in [1.29, 1.82) is 0 Å². The summed E-state index contributed by atoms with van der Waals surface area (Å²) >= 11 is 0. The first kappa shape index (κ1) is 72.4. The van der Waals surface area contributed by atoms with Crippen LogP contribution >= 0.6 is 0 Å². The lowest BCUT2D eigenvalue weighted by atomic mass is 9.89. The number of rotatable bonds is 31. The number of phenols is 4. The number of phenolic OH excluding ortho intramolecular Hbond substituents is 4. The van der Waals surface area contributed by atoms with Gasteiger partial charge in [-0.3, -0.25) is 9.80 Å². The third kappa shape index (κ3) is 29.8. The zero-order chi connectivity index (χ0) is 66.2. The Morgan fingerprint density at radius 3 is 0.800 bits per heavy atom. The molecule has 8 heteroatoms. The molecule has 0 bridgehead atoms. The first-order valence-electron chi connectivity index (χ1n) is 35.3. The van der Waals surface area contributed by atoms with Crippen molar-refractivity contribution < 1.29 is 20.4 Å². The van der Waals surface area contributed by atoms with Crippen LogP contribution in [0.3, 0.4) is 0 Å². The SMILES string of the molecule is C#CCN(CCc1ccccc1)CCc1cccc(O)c1.Oc1cccc(CCN(CCc2ccccc2)CC2CCCC2)c1.Oc1cccc(CCN(CCc2ccccc2)CC2CCCCC2)c1.Oc1cccc(CCN(CCc2ccccc2)Cc2ccccc2)c1. The molecule has 9 aromatic carbocycles. The summed E-state index contributed by atoms with van der Waals surface area (Å²) in [5.41, 5.74) is 11.7. The third-order valence-electron chi connectivity index (χ3n) is 18.5. The molecule has 11 rings (SSSR count). The van der Waals surface area contributed by atoms with Crippen molar-refractivity contribution in [3.8, 4) is 35.3 Å². The predicted molar refractivity (Wildman–Crippen MR) is 396 cm³/mol. The summed E-state index contributed by atoms with van der Waals surface area (Å²) in [5, 5.41) is 38.5. The summed E-state index contributed by atoms with van der Waals surface area (Å²) in [6.07, 6.45) is 26.2. The van der Waals surface area contributed by atoms with Crippen LogP contribution in [-0.4, -0.2) is 112 Å². The summed E-state index contributed by atoms with van der Waals surface area (Å²) < 4.78 is 0. The van der Waals surface area contributed by atoms with E-state index in [4.69, 9.17) is 6.42 Å². The second-order valence-corrected chi connectivity index (χ2v) is 26.1. The van der Waals surface area contributed by atoms with Crippen LogP contribution in [0.15, 0.2) is 249 Å². The summed E-state index contributed by atoms with van der Waals surface area (Å²) in [4.78, 5) is 10.0. The molecule has 8 nitrogen and oxygen atoms in total. The maximum absolute atomic E-state index is 9.68. The van der Waals surface area contributed by atoms with E-state index in [1.807, 2.05) is 60.7 Å².